The van der Waals surface area contributed by atoms with E-state index in [2.05, 4.69) is 4.98 Å². The van der Waals surface area contributed by atoms with Crippen LogP contribution in [0.3, 0.4) is 0 Å². The van der Waals surface area contributed by atoms with Gasteiger partial charge in [0.15, 0.2) is 0 Å². The van der Waals surface area contributed by atoms with Crippen molar-refractivity contribution in [1.82, 2.24) is 9.88 Å². The van der Waals surface area contributed by atoms with Crippen molar-refractivity contribution in [3.05, 3.63) is 23.4 Å². The van der Waals surface area contributed by atoms with Crippen molar-refractivity contribution >= 4 is 11.9 Å². The van der Waals surface area contributed by atoms with Crippen LogP contribution in [-0.4, -0.2) is 46.6 Å². The van der Waals surface area contributed by atoms with Crippen LogP contribution in [0.1, 0.15) is 35.3 Å². The Hall–Kier alpha value is -2.11. The van der Waals surface area contributed by atoms with Crippen LogP contribution in [0.4, 0.5) is 0 Å². The van der Waals surface area contributed by atoms with Gasteiger partial charge >= 0.3 is 5.97 Å². The summed E-state index contributed by atoms with van der Waals surface area (Å²) in [6, 6.07) is 2.67. The minimum atomic E-state index is -0.915. The molecule has 1 saturated carbocycles. The van der Waals surface area contributed by atoms with Crippen LogP contribution >= 0.6 is 0 Å². The molecule has 22 heavy (non-hydrogen) atoms. The van der Waals surface area contributed by atoms with Gasteiger partial charge in [-0.1, -0.05) is 6.42 Å². The molecule has 1 aromatic rings. The van der Waals surface area contributed by atoms with Gasteiger partial charge in [0, 0.05) is 12.2 Å². The molecule has 2 heterocycles. The standard InChI is InChI=1S/C16H20N2O4/c1-9-6-7-12(14(17-9)22-2)15(19)18-8-10-4-3-5-11(10)13(18)16(20)21/h6-7,10-11,13H,3-5,8H2,1-2H3,(H,20,21)/t10-,11-,13-/m0/s1. The molecule has 2 aliphatic rings. The zero-order valence-corrected chi connectivity index (χ0v) is 12.8. The highest BCUT2D eigenvalue weighted by atomic mass is 16.5. The number of carboxylic acid groups (broad SMARTS) is 1. The van der Waals surface area contributed by atoms with E-state index in [1.807, 2.05) is 6.92 Å². The zero-order chi connectivity index (χ0) is 15.9. The third kappa shape index (κ3) is 2.32. The molecular formula is C16H20N2O4. The number of carbonyl (C=O) groups is 2. The fourth-order valence-corrected chi connectivity index (χ4v) is 3.84. The molecule has 1 aliphatic heterocycles. The highest BCUT2D eigenvalue weighted by molar-refractivity contribution is 5.99. The van der Waals surface area contributed by atoms with Crippen molar-refractivity contribution in [1.29, 1.82) is 0 Å². The first-order valence-electron chi connectivity index (χ1n) is 7.58. The molecule has 1 N–H and O–H groups in total. The van der Waals surface area contributed by atoms with Gasteiger partial charge in [-0.3, -0.25) is 4.79 Å². The lowest BCUT2D eigenvalue weighted by atomic mass is 9.94. The topological polar surface area (TPSA) is 79.7 Å². The van der Waals surface area contributed by atoms with E-state index < -0.39 is 12.0 Å². The minimum absolute atomic E-state index is 0.0749. The van der Waals surface area contributed by atoms with Crippen LogP contribution in [0.2, 0.25) is 0 Å². The fraction of sp³-hybridized carbons (Fsp3) is 0.562. The number of carboxylic acids is 1. The van der Waals surface area contributed by atoms with E-state index in [9.17, 15) is 14.7 Å². The molecule has 6 heteroatoms. The van der Waals surface area contributed by atoms with Crippen molar-refractivity contribution in [3.63, 3.8) is 0 Å². The zero-order valence-electron chi connectivity index (χ0n) is 12.8. The second-order valence-electron chi connectivity index (χ2n) is 6.10. The Labute approximate surface area is 129 Å². The summed E-state index contributed by atoms with van der Waals surface area (Å²) in [5.74, 6) is -0.584. The van der Waals surface area contributed by atoms with Crippen LogP contribution in [-0.2, 0) is 4.79 Å². The van der Waals surface area contributed by atoms with Crippen molar-refractivity contribution < 1.29 is 19.4 Å². The van der Waals surface area contributed by atoms with Crippen LogP contribution < -0.4 is 4.74 Å². The largest absolute Gasteiger partial charge is 0.480 e. The fourth-order valence-electron chi connectivity index (χ4n) is 3.84. The lowest BCUT2D eigenvalue weighted by Crippen LogP contribution is -2.43. The maximum atomic E-state index is 12.8. The Kier molecular flexibility index (Phi) is 3.76. The summed E-state index contributed by atoms with van der Waals surface area (Å²) in [6.07, 6.45) is 2.94. The molecule has 1 amide bonds. The average Bonchev–Trinajstić information content (AvgIpc) is 3.06. The van der Waals surface area contributed by atoms with Gasteiger partial charge < -0.3 is 14.7 Å². The van der Waals surface area contributed by atoms with Crippen LogP contribution in [0.25, 0.3) is 0 Å². The van der Waals surface area contributed by atoms with Gasteiger partial charge in [0.1, 0.15) is 11.6 Å². The minimum Gasteiger partial charge on any atom is -0.480 e. The van der Waals surface area contributed by atoms with Crippen LogP contribution in [0.5, 0.6) is 5.88 Å². The van der Waals surface area contributed by atoms with Crippen LogP contribution in [0, 0.1) is 18.8 Å². The summed E-state index contributed by atoms with van der Waals surface area (Å²) in [5, 5.41) is 9.56. The number of aliphatic carboxylic acids is 1. The van der Waals surface area contributed by atoms with E-state index in [0.29, 0.717) is 18.0 Å². The number of nitrogens with zero attached hydrogens (tertiary/aromatic N) is 2. The summed E-state index contributed by atoms with van der Waals surface area (Å²) in [6.45, 7) is 2.33. The third-order valence-corrected chi connectivity index (χ3v) is 4.83. The number of hydrogen-bond acceptors (Lipinski definition) is 4. The first-order chi connectivity index (χ1) is 10.5. The average molecular weight is 304 g/mol. The summed E-state index contributed by atoms with van der Waals surface area (Å²) < 4.78 is 5.19. The van der Waals surface area contributed by atoms with Crippen molar-refractivity contribution in [2.75, 3.05) is 13.7 Å². The van der Waals surface area contributed by atoms with Gasteiger partial charge in [0.05, 0.1) is 7.11 Å². The predicted octanol–water partition coefficient (Wildman–Crippen LogP) is 1.72. The molecule has 6 nitrogen and oxygen atoms in total. The van der Waals surface area contributed by atoms with Gasteiger partial charge in [-0.05, 0) is 43.7 Å². The molecule has 1 aliphatic carbocycles. The summed E-state index contributed by atoms with van der Waals surface area (Å²) in [4.78, 5) is 30.2. The monoisotopic (exact) mass is 304 g/mol. The summed E-state index contributed by atoms with van der Waals surface area (Å²) >= 11 is 0. The summed E-state index contributed by atoms with van der Waals surface area (Å²) in [5.41, 5.74) is 1.08. The molecule has 0 aromatic carbocycles. The quantitative estimate of drug-likeness (QED) is 0.920. The number of likely N-dealkylation sites (tertiary alicyclic amines) is 1. The number of rotatable bonds is 3. The maximum absolute atomic E-state index is 12.8. The highest BCUT2D eigenvalue weighted by Crippen LogP contribution is 2.43. The van der Waals surface area contributed by atoms with E-state index in [1.165, 1.54) is 12.0 Å². The molecule has 0 spiro atoms. The first kappa shape index (κ1) is 14.8. The number of aryl methyl sites for hydroxylation is 1. The van der Waals surface area contributed by atoms with E-state index in [4.69, 9.17) is 4.74 Å². The van der Waals surface area contributed by atoms with Crippen molar-refractivity contribution in [3.8, 4) is 5.88 Å². The maximum Gasteiger partial charge on any atom is 0.326 e. The van der Waals surface area contributed by atoms with Crippen molar-refractivity contribution in [2.45, 2.75) is 32.2 Å². The molecule has 0 bridgehead atoms. The molecule has 3 atom stereocenters. The number of methoxy groups -OCH3 is 1. The Morgan fingerprint density at radius 2 is 2.14 bits per heavy atom. The predicted molar refractivity (Wildman–Crippen MR) is 78.8 cm³/mol. The number of fused-ring (bicyclic) bond motifs is 1. The molecule has 118 valence electrons. The molecule has 2 fully saturated rings. The molecule has 1 aromatic heterocycles. The first-order valence-corrected chi connectivity index (χ1v) is 7.58. The Morgan fingerprint density at radius 1 is 1.36 bits per heavy atom. The molecule has 3 rings (SSSR count). The van der Waals surface area contributed by atoms with Gasteiger partial charge in [-0.25, -0.2) is 9.78 Å². The SMILES string of the molecule is COc1nc(C)ccc1C(=O)N1C[C@@H]2CCC[C@@H]2[C@H]1C(=O)O. The molecule has 1 saturated heterocycles. The second kappa shape index (κ2) is 5.59. The second-order valence-corrected chi connectivity index (χ2v) is 6.10. The molecular weight excluding hydrogens is 284 g/mol. The Morgan fingerprint density at radius 3 is 2.82 bits per heavy atom. The number of amides is 1. The van der Waals surface area contributed by atoms with E-state index in [0.717, 1.165) is 25.0 Å². The third-order valence-electron chi connectivity index (χ3n) is 4.83. The van der Waals surface area contributed by atoms with Crippen LogP contribution in [0.15, 0.2) is 12.1 Å². The van der Waals surface area contributed by atoms with E-state index in [1.54, 1.807) is 12.1 Å². The number of aromatic nitrogens is 1. The van der Waals surface area contributed by atoms with Gasteiger partial charge in [-0.2, -0.15) is 0 Å². The smallest absolute Gasteiger partial charge is 0.326 e. The number of carbonyl (C=O) groups excluding carboxylic acids is 1. The van der Waals surface area contributed by atoms with Crippen molar-refractivity contribution in [2.24, 2.45) is 11.8 Å². The van der Waals surface area contributed by atoms with E-state index >= 15 is 0 Å². The Bertz CT molecular complexity index is 616. The lowest BCUT2D eigenvalue weighted by Gasteiger charge is -2.25. The Balaban J connectivity index is 1.93. The summed E-state index contributed by atoms with van der Waals surface area (Å²) in [7, 11) is 1.46. The van der Waals surface area contributed by atoms with E-state index in [-0.39, 0.29) is 17.7 Å². The normalized spacial score (nSPS) is 26.8. The number of pyridine rings is 1. The highest BCUT2D eigenvalue weighted by Gasteiger charge is 2.49. The number of ether oxygens (including phenoxy) is 1. The molecule has 0 radical (unpaired) electrons. The van der Waals surface area contributed by atoms with Gasteiger partial charge in [0.25, 0.3) is 5.91 Å². The van der Waals surface area contributed by atoms with Gasteiger partial charge in [-0.15, -0.1) is 0 Å². The number of hydrogen-bond donors (Lipinski definition) is 1. The lowest BCUT2D eigenvalue weighted by molar-refractivity contribution is -0.142. The van der Waals surface area contributed by atoms with Gasteiger partial charge in [0.2, 0.25) is 5.88 Å². The molecule has 0 unspecified atom stereocenters.